The number of carboxylic acid groups (broad SMARTS) is 1. The molecule has 0 amide bonds. The summed E-state index contributed by atoms with van der Waals surface area (Å²) in [4.78, 5) is 20.8. The lowest BCUT2D eigenvalue weighted by atomic mass is 10.1. The molecule has 0 aliphatic rings. The second-order valence-corrected chi connectivity index (χ2v) is 3.94. The highest BCUT2D eigenvalue weighted by Gasteiger charge is 2.26. The largest absolute Gasteiger partial charge is 0.478 e. The number of nitro benzene ring substituents is 1. The van der Waals surface area contributed by atoms with Crippen LogP contribution in [0.1, 0.15) is 23.2 Å². The number of benzene rings is 1. The summed E-state index contributed by atoms with van der Waals surface area (Å²) in [7, 11) is 0. The molecule has 6 nitrogen and oxygen atoms in total. The predicted molar refractivity (Wildman–Crippen MR) is 63.8 cm³/mol. The Hall–Kier alpha value is -2.32. The van der Waals surface area contributed by atoms with E-state index in [9.17, 15) is 28.1 Å². The number of carbonyl (C=O) groups is 1. The smallest absolute Gasteiger partial charge is 0.389 e. The average Bonchev–Trinajstić information content (AvgIpc) is 2.33. The standard InChI is InChI=1S/C11H11F3N2O4/c12-11(13,14)4-1-5-15-9-6-7(16(19)20)2-3-8(9)10(17)18/h2-3,6,15H,1,4-5H2,(H,17,18). The number of nitrogens with zero attached hydrogens (tertiary/aromatic N) is 1. The summed E-state index contributed by atoms with van der Waals surface area (Å²) in [5, 5.41) is 21.9. The first-order chi connectivity index (χ1) is 9.20. The minimum atomic E-state index is -4.29. The molecule has 1 aromatic carbocycles. The molecule has 0 saturated carbocycles. The number of nitrogens with one attached hydrogen (secondary N) is 1. The van der Waals surface area contributed by atoms with E-state index < -0.39 is 23.5 Å². The van der Waals surface area contributed by atoms with E-state index in [0.29, 0.717) is 0 Å². The summed E-state index contributed by atoms with van der Waals surface area (Å²) >= 11 is 0. The van der Waals surface area contributed by atoms with Gasteiger partial charge in [-0.1, -0.05) is 0 Å². The monoisotopic (exact) mass is 292 g/mol. The van der Waals surface area contributed by atoms with E-state index >= 15 is 0 Å². The van der Waals surface area contributed by atoms with E-state index in [1.807, 2.05) is 0 Å². The maximum atomic E-state index is 11.9. The van der Waals surface area contributed by atoms with Crippen molar-refractivity contribution >= 4 is 17.3 Å². The Labute approximate surface area is 111 Å². The fraction of sp³-hybridized carbons (Fsp3) is 0.364. The van der Waals surface area contributed by atoms with E-state index in [2.05, 4.69) is 5.32 Å². The molecule has 1 rings (SSSR count). The molecule has 0 heterocycles. The van der Waals surface area contributed by atoms with Crippen molar-refractivity contribution in [1.82, 2.24) is 0 Å². The van der Waals surface area contributed by atoms with Crippen molar-refractivity contribution in [2.75, 3.05) is 11.9 Å². The first kappa shape index (κ1) is 15.7. The number of hydrogen-bond acceptors (Lipinski definition) is 4. The van der Waals surface area contributed by atoms with Gasteiger partial charge >= 0.3 is 12.1 Å². The van der Waals surface area contributed by atoms with Crippen LogP contribution in [0.15, 0.2) is 18.2 Å². The third-order valence-corrected chi connectivity index (χ3v) is 2.40. The first-order valence-electron chi connectivity index (χ1n) is 5.53. The molecule has 0 aliphatic heterocycles. The van der Waals surface area contributed by atoms with E-state index in [1.165, 1.54) is 0 Å². The summed E-state index contributed by atoms with van der Waals surface area (Å²) in [6, 6.07) is 3.04. The summed E-state index contributed by atoms with van der Waals surface area (Å²) < 4.78 is 35.8. The zero-order valence-electron chi connectivity index (χ0n) is 10.1. The second-order valence-electron chi connectivity index (χ2n) is 3.94. The molecule has 0 aromatic heterocycles. The van der Waals surface area contributed by atoms with Gasteiger partial charge in [0.2, 0.25) is 0 Å². The summed E-state index contributed by atoms with van der Waals surface area (Å²) in [6.45, 7) is -0.138. The lowest BCUT2D eigenvalue weighted by molar-refractivity contribution is -0.384. The Balaban J connectivity index is 2.78. The lowest BCUT2D eigenvalue weighted by Crippen LogP contribution is -2.12. The third-order valence-electron chi connectivity index (χ3n) is 2.40. The normalized spacial score (nSPS) is 11.2. The minimum absolute atomic E-state index is 0.0751. The molecule has 9 heteroatoms. The fourth-order valence-electron chi connectivity index (χ4n) is 1.49. The van der Waals surface area contributed by atoms with Crippen LogP contribution in [0.25, 0.3) is 0 Å². The van der Waals surface area contributed by atoms with Crippen molar-refractivity contribution in [2.24, 2.45) is 0 Å². The molecule has 0 saturated heterocycles. The number of nitro groups is 1. The molecule has 0 bridgehead atoms. The van der Waals surface area contributed by atoms with E-state index in [-0.39, 0.29) is 29.9 Å². The molecule has 0 atom stereocenters. The van der Waals surface area contributed by atoms with Crippen LogP contribution in [0.3, 0.4) is 0 Å². The number of anilines is 1. The Kier molecular flexibility index (Phi) is 4.89. The third kappa shape index (κ3) is 4.75. The quantitative estimate of drug-likeness (QED) is 0.477. The van der Waals surface area contributed by atoms with E-state index in [4.69, 9.17) is 5.11 Å². The maximum absolute atomic E-state index is 11.9. The van der Waals surface area contributed by atoms with Crippen LogP contribution in [0.5, 0.6) is 0 Å². The molecule has 0 unspecified atom stereocenters. The number of aromatic carboxylic acids is 1. The van der Waals surface area contributed by atoms with Gasteiger partial charge in [0, 0.05) is 25.1 Å². The van der Waals surface area contributed by atoms with Crippen molar-refractivity contribution in [3.05, 3.63) is 33.9 Å². The van der Waals surface area contributed by atoms with Gasteiger partial charge in [-0.05, 0) is 12.5 Å². The van der Waals surface area contributed by atoms with E-state index in [0.717, 1.165) is 18.2 Å². The van der Waals surface area contributed by atoms with Crippen LogP contribution in [0, 0.1) is 10.1 Å². The number of non-ortho nitro benzene ring substituents is 1. The molecule has 1 aromatic rings. The van der Waals surface area contributed by atoms with Gasteiger partial charge in [0.1, 0.15) is 0 Å². The number of halogens is 3. The van der Waals surface area contributed by atoms with Crippen molar-refractivity contribution < 1.29 is 28.0 Å². The Morgan fingerprint density at radius 3 is 2.55 bits per heavy atom. The Morgan fingerprint density at radius 2 is 2.05 bits per heavy atom. The highest BCUT2D eigenvalue weighted by atomic mass is 19.4. The minimum Gasteiger partial charge on any atom is -0.478 e. The average molecular weight is 292 g/mol. The predicted octanol–water partition coefficient (Wildman–Crippen LogP) is 3.05. The number of alkyl halides is 3. The van der Waals surface area contributed by atoms with Crippen molar-refractivity contribution in [1.29, 1.82) is 0 Å². The first-order valence-corrected chi connectivity index (χ1v) is 5.53. The zero-order chi connectivity index (χ0) is 15.3. The molecule has 110 valence electrons. The summed E-state index contributed by atoms with van der Waals surface area (Å²) in [5.41, 5.74) is -0.648. The summed E-state index contributed by atoms with van der Waals surface area (Å²) in [5.74, 6) is -1.32. The fourth-order valence-corrected chi connectivity index (χ4v) is 1.49. The van der Waals surface area contributed by atoms with Crippen LogP contribution in [0.2, 0.25) is 0 Å². The molecule has 0 spiro atoms. The summed E-state index contributed by atoms with van der Waals surface area (Å²) in [6.07, 6.45) is -5.57. The van der Waals surface area contributed by atoms with Gasteiger partial charge in [-0.2, -0.15) is 13.2 Å². The van der Waals surface area contributed by atoms with Crippen LogP contribution in [-0.2, 0) is 0 Å². The van der Waals surface area contributed by atoms with Gasteiger partial charge in [-0.15, -0.1) is 0 Å². The molecule has 0 radical (unpaired) electrons. The highest BCUT2D eigenvalue weighted by molar-refractivity contribution is 5.94. The van der Waals surface area contributed by atoms with Crippen LogP contribution in [-0.4, -0.2) is 28.7 Å². The molecule has 0 fully saturated rings. The molecule has 0 aliphatic carbocycles. The van der Waals surface area contributed by atoms with Gasteiger partial charge in [0.05, 0.1) is 16.2 Å². The Bertz CT molecular complexity index is 517. The highest BCUT2D eigenvalue weighted by Crippen LogP contribution is 2.24. The number of rotatable bonds is 6. The topological polar surface area (TPSA) is 92.5 Å². The molecular weight excluding hydrogens is 281 g/mol. The zero-order valence-corrected chi connectivity index (χ0v) is 10.1. The van der Waals surface area contributed by atoms with Crippen molar-refractivity contribution in [3.8, 4) is 0 Å². The molecular formula is C11H11F3N2O4. The van der Waals surface area contributed by atoms with Crippen molar-refractivity contribution in [2.45, 2.75) is 19.0 Å². The van der Waals surface area contributed by atoms with Gasteiger partial charge in [-0.25, -0.2) is 4.79 Å². The number of carboxylic acids is 1. The van der Waals surface area contributed by atoms with Crippen LogP contribution in [0.4, 0.5) is 24.5 Å². The number of hydrogen-bond donors (Lipinski definition) is 2. The van der Waals surface area contributed by atoms with Gasteiger partial charge < -0.3 is 10.4 Å². The van der Waals surface area contributed by atoms with Crippen LogP contribution < -0.4 is 5.32 Å². The van der Waals surface area contributed by atoms with Gasteiger partial charge in [0.15, 0.2) is 0 Å². The Morgan fingerprint density at radius 1 is 1.40 bits per heavy atom. The van der Waals surface area contributed by atoms with Crippen LogP contribution >= 0.6 is 0 Å². The van der Waals surface area contributed by atoms with Crippen molar-refractivity contribution in [3.63, 3.8) is 0 Å². The molecule has 20 heavy (non-hydrogen) atoms. The SMILES string of the molecule is O=C(O)c1ccc([N+](=O)[O-])cc1NCCCC(F)(F)F. The second kappa shape index (κ2) is 6.22. The van der Waals surface area contributed by atoms with E-state index in [1.54, 1.807) is 0 Å². The maximum Gasteiger partial charge on any atom is 0.389 e. The lowest BCUT2D eigenvalue weighted by Gasteiger charge is -2.10. The molecule has 2 N–H and O–H groups in total. The van der Waals surface area contributed by atoms with Gasteiger partial charge in [-0.3, -0.25) is 10.1 Å². The van der Waals surface area contributed by atoms with Gasteiger partial charge in [0.25, 0.3) is 5.69 Å².